The molecule has 3 heteroatoms. The van der Waals surface area contributed by atoms with Crippen molar-refractivity contribution in [2.75, 3.05) is 6.61 Å². The van der Waals surface area contributed by atoms with E-state index in [2.05, 4.69) is 87.5 Å². The van der Waals surface area contributed by atoms with Crippen molar-refractivity contribution in [3.63, 3.8) is 0 Å². The third-order valence-electron chi connectivity index (χ3n) is 4.16. The largest absolute Gasteiger partial charge is 0.492 e. The average molecular weight is 407 g/mol. The highest BCUT2D eigenvalue weighted by molar-refractivity contribution is 8.23. The average Bonchev–Trinajstić information content (AvgIpc) is 2.68. The second-order valence-electron chi connectivity index (χ2n) is 7.60. The van der Waals surface area contributed by atoms with E-state index in [4.69, 9.17) is 17.0 Å². The Balaban J connectivity index is 1.89. The van der Waals surface area contributed by atoms with Gasteiger partial charge in [0.1, 0.15) is 5.75 Å². The van der Waals surface area contributed by atoms with Gasteiger partial charge in [-0.3, -0.25) is 0 Å². The van der Waals surface area contributed by atoms with E-state index in [1.807, 2.05) is 12.1 Å². The fourth-order valence-electron chi connectivity index (χ4n) is 3.01. The minimum atomic E-state index is 0.133. The zero-order valence-electron chi connectivity index (χ0n) is 16.6. The SMILES string of the molecule is CC(C)(C)SC(=S)CCOc1c(-c2ccccc2)cccc1-c1ccccc1. The first-order chi connectivity index (χ1) is 13.4. The van der Waals surface area contributed by atoms with Crippen LogP contribution in [0.15, 0.2) is 78.9 Å². The van der Waals surface area contributed by atoms with Crippen molar-refractivity contribution in [2.45, 2.75) is 31.9 Å². The molecule has 0 radical (unpaired) electrons. The molecule has 0 saturated carbocycles. The van der Waals surface area contributed by atoms with Gasteiger partial charge >= 0.3 is 0 Å². The lowest BCUT2D eigenvalue weighted by atomic mass is 9.97. The van der Waals surface area contributed by atoms with E-state index < -0.39 is 0 Å². The minimum Gasteiger partial charge on any atom is -0.492 e. The Kier molecular flexibility index (Phi) is 6.93. The Morgan fingerprint density at radius 3 is 1.75 bits per heavy atom. The van der Waals surface area contributed by atoms with Crippen LogP contribution in [0, 0.1) is 0 Å². The summed E-state index contributed by atoms with van der Waals surface area (Å²) < 4.78 is 7.49. The normalized spacial score (nSPS) is 11.2. The van der Waals surface area contributed by atoms with E-state index in [0.717, 1.165) is 38.6 Å². The molecule has 0 aliphatic rings. The molecule has 0 spiro atoms. The van der Waals surface area contributed by atoms with Crippen molar-refractivity contribution in [1.82, 2.24) is 0 Å². The molecule has 0 heterocycles. The first kappa shape index (κ1) is 20.6. The van der Waals surface area contributed by atoms with Crippen LogP contribution in [0.2, 0.25) is 0 Å². The van der Waals surface area contributed by atoms with Crippen LogP contribution in [-0.4, -0.2) is 15.6 Å². The van der Waals surface area contributed by atoms with Crippen LogP contribution in [0.1, 0.15) is 27.2 Å². The van der Waals surface area contributed by atoms with Crippen molar-refractivity contribution in [3.8, 4) is 28.0 Å². The third-order valence-corrected chi connectivity index (χ3v) is 5.66. The predicted molar refractivity (Wildman–Crippen MR) is 127 cm³/mol. The van der Waals surface area contributed by atoms with Gasteiger partial charge in [-0.2, -0.15) is 0 Å². The summed E-state index contributed by atoms with van der Waals surface area (Å²) in [6.07, 6.45) is 0.759. The maximum Gasteiger partial charge on any atom is 0.134 e. The smallest absolute Gasteiger partial charge is 0.134 e. The number of thioether (sulfide) groups is 1. The molecule has 0 aliphatic carbocycles. The van der Waals surface area contributed by atoms with Gasteiger partial charge in [-0.1, -0.05) is 112 Å². The zero-order chi connectivity index (χ0) is 20.0. The van der Waals surface area contributed by atoms with Crippen LogP contribution in [-0.2, 0) is 0 Å². The van der Waals surface area contributed by atoms with Crippen LogP contribution in [0.4, 0.5) is 0 Å². The molecule has 28 heavy (non-hydrogen) atoms. The molecule has 0 amide bonds. The molecule has 3 rings (SSSR count). The van der Waals surface area contributed by atoms with Crippen molar-refractivity contribution >= 4 is 28.2 Å². The quantitative estimate of drug-likeness (QED) is 0.389. The number of para-hydroxylation sites is 1. The van der Waals surface area contributed by atoms with Crippen molar-refractivity contribution in [1.29, 1.82) is 0 Å². The van der Waals surface area contributed by atoms with Crippen LogP contribution in [0.25, 0.3) is 22.3 Å². The first-order valence-electron chi connectivity index (χ1n) is 9.52. The lowest BCUT2D eigenvalue weighted by Crippen LogP contribution is -2.13. The summed E-state index contributed by atoms with van der Waals surface area (Å²) in [5, 5.41) is 0. The van der Waals surface area contributed by atoms with Gasteiger partial charge in [0, 0.05) is 22.3 Å². The van der Waals surface area contributed by atoms with Gasteiger partial charge in [0.15, 0.2) is 0 Å². The zero-order valence-corrected chi connectivity index (χ0v) is 18.3. The van der Waals surface area contributed by atoms with Crippen molar-refractivity contribution in [2.24, 2.45) is 0 Å². The molecule has 0 N–H and O–H groups in total. The monoisotopic (exact) mass is 406 g/mol. The third kappa shape index (κ3) is 5.70. The Hall–Kier alpha value is -2.10. The molecular formula is C25H26OS2. The van der Waals surface area contributed by atoms with Gasteiger partial charge in [-0.05, 0) is 11.1 Å². The van der Waals surface area contributed by atoms with E-state index in [0.29, 0.717) is 6.61 Å². The molecule has 0 fully saturated rings. The van der Waals surface area contributed by atoms with Crippen LogP contribution < -0.4 is 4.74 Å². The van der Waals surface area contributed by atoms with E-state index in [9.17, 15) is 0 Å². The van der Waals surface area contributed by atoms with Crippen LogP contribution in [0.5, 0.6) is 5.75 Å². The molecule has 144 valence electrons. The molecule has 0 aliphatic heterocycles. The predicted octanol–water partition coefficient (Wildman–Crippen LogP) is 7.65. The first-order valence-corrected chi connectivity index (χ1v) is 10.7. The summed E-state index contributed by atoms with van der Waals surface area (Å²) >= 11 is 7.30. The van der Waals surface area contributed by atoms with Gasteiger partial charge < -0.3 is 4.74 Å². The van der Waals surface area contributed by atoms with E-state index >= 15 is 0 Å². The maximum atomic E-state index is 6.36. The van der Waals surface area contributed by atoms with Gasteiger partial charge in [-0.15, -0.1) is 11.8 Å². The highest BCUT2D eigenvalue weighted by Gasteiger charge is 2.16. The number of rotatable bonds is 6. The molecular weight excluding hydrogens is 380 g/mol. The van der Waals surface area contributed by atoms with Gasteiger partial charge in [0.05, 0.1) is 10.8 Å². The maximum absolute atomic E-state index is 6.36. The molecule has 0 atom stereocenters. The fraction of sp³-hybridized carbons (Fsp3) is 0.240. The second-order valence-corrected chi connectivity index (χ2v) is 10.3. The van der Waals surface area contributed by atoms with Crippen LogP contribution in [0.3, 0.4) is 0 Å². The summed E-state index contributed by atoms with van der Waals surface area (Å²) in [6, 6.07) is 27.1. The second kappa shape index (κ2) is 9.40. The number of benzene rings is 3. The molecule has 0 aromatic heterocycles. The number of ether oxygens (including phenoxy) is 1. The van der Waals surface area contributed by atoms with Crippen molar-refractivity contribution in [3.05, 3.63) is 78.9 Å². The standard InChI is InChI=1S/C25H26OS2/c1-25(2,3)28-23(27)17-18-26-24-21(19-11-6-4-7-12-19)15-10-16-22(24)20-13-8-5-9-14-20/h4-16H,17-18H2,1-3H3. The minimum absolute atomic E-state index is 0.133. The lowest BCUT2D eigenvalue weighted by molar-refractivity contribution is 0.333. The Morgan fingerprint density at radius 1 is 0.786 bits per heavy atom. The van der Waals surface area contributed by atoms with E-state index in [1.165, 1.54) is 0 Å². The lowest BCUT2D eigenvalue weighted by Gasteiger charge is -2.19. The van der Waals surface area contributed by atoms with Gasteiger partial charge in [-0.25, -0.2) is 0 Å². The fourth-order valence-corrected chi connectivity index (χ4v) is 4.71. The summed E-state index contributed by atoms with van der Waals surface area (Å²) in [4.78, 5) is 0. The van der Waals surface area contributed by atoms with Gasteiger partial charge in [0.2, 0.25) is 0 Å². The molecule has 0 bridgehead atoms. The molecule has 3 aromatic carbocycles. The Labute approximate surface area is 178 Å². The highest BCUT2D eigenvalue weighted by Crippen LogP contribution is 2.39. The van der Waals surface area contributed by atoms with Crippen molar-refractivity contribution < 1.29 is 4.74 Å². The van der Waals surface area contributed by atoms with Crippen LogP contribution >= 0.6 is 24.0 Å². The number of hydrogen-bond acceptors (Lipinski definition) is 3. The molecule has 1 nitrogen and oxygen atoms in total. The molecule has 0 saturated heterocycles. The summed E-state index contributed by atoms with van der Waals surface area (Å²) in [6.45, 7) is 7.13. The molecule has 0 unspecified atom stereocenters. The number of thiocarbonyl (C=S) groups is 1. The summed E-state index contributed by atoms with van der Waals surface area (Å²) in [5.41, 5.74) is 4.52. The number of hydrogen-bond donors (Lipinski definition) is 0. The topological polar surface area (TPSA) is 9.23 Å². The molecule has 3 aromatic rings. The summed E-state index contributed by atoms with van der Waals surface area (Å²) in [5.74, 6) is 0.920. The van der Waals surface area contributed by atoms with Gasteiger partial charge in [0.25, 0.3) is 0 Å². The van der Waals surface area contributed by atoms with E-state index in [1.54, 1.807) is 11.8 Å². The Bertz CT molecular complexity index is 855. The highest BCUT2D eigenvalue weighted by atomic mass is 32.2. The summed E-state index contributed by atoms with van der Waals surface area (Å²) in [7, 11) is 0. The Morgan fingerprint density at radius 2 is 1.29 bits per heavy atom. The van der Waals surface area contributed by atoms with E-state index in [-0.39, 0.29) is 4.75 Å².